The van der Waals surface area contributed by atoms with Crippen LogP contribution in [0.25, 0.3) is 12.2 Å². The first-order valence-corrected chi connectivity index (χ1v) is 10.7. The zero-order valence-corrected chi connectivity index (χ0v) is 16.7. The van der Waals surface area contributed by atoms with Crippen LogP contribution in [0, 0.1) is 0 Å². The maximum absolute atomic E-state index is 12.1. The van der Waals surface area contributed by atoms with Crippen molar-refractivity contribution < 1.29 is 4.79 Å². The number of hydrogen-bond acceptors (Lipinski definition) is 5. The molecular weight excluding hydrogens is 376 g/mol. The standard InChI is InChI=1S/C20H22N4OS2/c1-2-15(16-7-4-3-5-8-16)13-21-19(25)14-27-20-22-18(23-24-20)11-10-17-9-6-12-26-17/h3-12,15H,2,13-14H2,1H3,(H,21,25)(H,22,23,24)/b11-10+. The predicted molar refractivity (Wildman–Crippen MR) is 113 cm³/mol. The highest BCUT2D eigenvalue weighted by atomic mass is 32.2. The summed E-state index contributed by atoms with van der Waals surface area (Å²) in [6.45, 7) is 2.78. The Balaban J connectivity index is 1.44. The van der Waals surface area contributed by atoms with Crippen molar-refractivity contribution >= 4 is 41.2 Å². The summed E-state index contributed by atoms with van der Waals surface area (Å²) >= 11 is 2.99. The monoisotopic (exact) mass is 398 g/mol. The van der Waals surface area contributed by atoms with Crippen molar-refractivity contribution in [2.75, 3.05) is 12.3 Å². The molecule has 27 heavy (non-hydrogen) atoms. The van der Waals surface area contributed by atoms with E-state index in [9.17, 15) is 4.79 Å². The second-order valence-electron chi connectivity index (χ2n) is 5.96. The molecule has 0 aliphatic heterocycles. The van der Waals surface area contributed by atoms with Gasteiger partial charge < -0.3 is 5.32 Å². The molecule has 0 spiro atoms. The van der Waals surface area contributed by atoms with Crippen LogP contribution < -0.4 is 5.32 Å². The van der Waals surface area contributed by atoms with Gasteiger partial charge in [-0.05, 0) is 35.6 Å². The lowest BCUT2D eigenvalue weighted by atomic mass is 9.96. The SMILES string of the molecule is CCC(CNC(=O)CSc1n[nH]c(/C=C/c2cccs2)n1)c1ccccc1. The second kappa shape index (κ2) is 10.1. The topological polar surface area (TPSA) is 70.7 Å². The minimum Gasteiger partial charge on any atom is -0.355 e. The van der Waals surface area contributed by atoms with E-state index in [1.165, 1.54) is 17.3 Å². The first-order chi connectivity index (χ1) is 13.2. The lowest BCUT2D eigenvalue weighted by Crippen LogP contribution is -2.29. The molecule has 5 nitrogen and oxygen atoms in total. The van der Waals surface area contributed by atoms with Crippen LogP contribution in [-0.2, 0) is 4.79 Å². The average molecular weight is 399 g/mol. The molecule has 2 N–H and O–H groups in total. The van der Waals surface area contributed by atoms with Gasteiger partial charge in [0.25, 0.3) is 0 Å². The van der Waals surface area contributed by atoms with E-state index in [4.69, 9.17) is 0 Å². The van der Waals surface area contributed by atoms with Crippen molar-refractivity contribution in [1.82, 2.24) is 20.5 Å². The summed E-state index contributed by atoms with van der Waals surface area (Å²) < 4.78 is 0. The summed E-state index contributed by atoms with van der Waals surface area (Å²) in [6.07, 6.45) is 4.85. The molecule has 2 heterocycles. The molecule has 0 aliphatic carbocycles. The third-order valence-electron chi connectivity index (χ3n) is 4.07. The Kier molecular flexibility index (Phi) is 7.24. The first kappa shape index (κ1) is 19.4. The molecule has 0 bridgehead atoms. The van der Waals surface area contributed by atoms with Gasteiger partial charge in [0.15, 0.2) is 0 Å². The number of thioether (sulfide) groups is 1. The molecule has 1 atom stereocenters. The van der Waals surface area contributed by atoms with Gasteiger partial charge in [-0.15, -0.1) is 16.4 Å². The van der Waals surface area contributed by atoms with Crippen LogP contribution in [0.5, 0.6) is 0 Å². The van der Waals surface area contributed by atoms with E-state index >= 15 is 0 Å². The third kappa shape index (κ3) is 6.08. The van der Waals surface area contributed by atoms with Crippen LogP contribution in [0.2, 0.25) is 0 Å². The summed E-state index contributed by atoms with van der Waals surface area (Å²) in [4.78, 5) is 17.7. The van der Waals surface area contributed by atoms with E-state index < -0.39 is 0 Å². The van der Waals surface area contributed by atoms with Crippen LogP contribution in [0.3, 0.4) is 0 Å². The Bertz CT molecular complexity index is 859. The van der Waals surface area contributed by atoms with Crippen LogP contribution in [0.1, 0.15) is 35.5 Å². The zero-order chi connectivity index (χ0) is 18.9. The summed E-state index contributed by atoms with van der Waals surface area (Å²) in [5, 5.41) is 12.6. The Morgan fingerprint density at radius 2 is 2.11 bits per heavy atom. The maximum atomic E-state index is 12.1. The number of aromatic nitrogens is 3. The Hall–Kier alpha value is -2.38. The number of carbonyl (C=O) groups excluding carboxylic acids is 1. The lowest BCUT2D eigenvalue weighted by molar-refractivity contribution is -0.118. The number of benzene rings is 1. The molecule has 1 unspecified atom stereocenters. The lowest BCUT2D eigenvalue weighted by Gasteiger charge is -2.16. The molecule has 1 aromatic carbocycles. The molecule has 0 fully saturated rings. The van der Waals surface area contributed by atoms with Gasteiger partial charge >= 0.3 is 0 Å². The fourth-order valence-electron chi connectivity index (χ4n) is 2.59. The van der Waals surface area contributed by atoms with Crippen molar-refractivity contribution in [2.24, 2.45) is 0 Å². The minimum atomic E-state index is -0.00476. The molecule has 1 amide bonds. The number of nitrogens with zero attached hydrogens (tertiary/aromatic N) is 2. The van der Waals surface area contributed by atoms with E-state index in [1.807, 2.05) is 47.9 Å². The van der Waals surface area contributed by atoms with Crippen molar-refractivity contribution in [1.29, 1.82) is 0 Å². The van der Waals surface area contributed by atoms with Crippen molar-refractivity contribution in [3.05, 3.63) is 64.1 Å². The Morgan fingerprint density at radius 1 is 1.26 bits per heavy atom. The van der Waals surface area contributed by atoms with Crippen LogP contribution in [-0.4, -0.2) is 33.4 Å². The van der Waals surface area contributed by atoms with Crippen molar-refractivity contribution in [2.45, 2.75) is 24.4 Å². The average Bonchev–Trinajstić information content (AvgIpc) is 3.38. The molecule has 0 aliphatic rings. The normalized spacial score (nSPS) is 12.3. The van der Waals surface area contributed by atoms with Gasteiger partial charge in [0.1, 0.15) is 5.82 Å². The van der Waals surface area contributed by atoms with Crippen molar-refractivity contribution in [3.8, 4) is 0 Å². The minimum absolute atomic E-state index is 0.00476. The smallest absolute Gasteiger partial charge is 0.230 e. The fourth-order valence-corrected chi connectivity index (χ4v) is 3.84. The van der Waals surface area contributed by atoms with Crippen molar-refractivity contribution in [3.63, 3.8) is 0 Å². The second-order valence-corrected chi connectivity index (χ2v) is 7.88. The molecular formula is C20H22N4OS2. The van der Waals surface area contributed by atoms with Gasteiger partial charge in [0, 0.05) is 17.3 Å². The largest absolute Gasteiger partial charge is 0.355 e. The van der Waals surface area contributed by atoms with Crippen LogP contribution in [0.15, 0.2) is 53.0 Å². The predicted octanol–water partition coefficient (Wildman–Crippen LogP) is 4.44. The maximum Gasteiger partial charge on any atom is 0.230 e. The third-order valence-corrected chi connectivity index (χ3v) is 5.76. The highest BCUT2D eigenvalue weighted by Gasteiger charge is 2.12. The summed E-state index contributed by atoms with van der Waals surface area (Å²) in [6, 6.07) is 14.3. The summed E-state index contributed by atoms with van der Waals surface area (Å²) in [5.74, 6) is 1.31. The molecule has 3 rings (SSSR count). The molecule has 7 heteroatoms. The molecule has 3 aromatic rings. The number of amides is 1. The highest BCUT2D eigenvalue weighted by molar-refractivity contribution is 7.99. The molecule has 0 saturated carbocycles. The number of hydrogen-bond donors (Lipinski definition) is 2. The van der Waals surface area contributed by atoms with Crippen LogP contribution in [0.4, 0.5) is 0 Å². The molecule has 0 saturated heterocycles. The molecule has 0 radical (unpaired) electrons. The molecule has 2 aromatic heterocycles. The Morgan fingerprint density at radius 3 is 2.85 bits per heavy atom. The zero-order valence-electron chi connectivity index (χ0n) is 15.1. The van der Waals surface area contributed by atoms with Crippen LogP contribution >= 0.6 is 23.1 Å². The first-order valence-electron chi connectivity index (χ1n) is 8.83. The number of H-pyrrole nitrogens is 1. The van der Waals surface area contributed by atoms with Gasteiger partial charge in [0.05, 0.1) is 5.75 Å². The number of rotatable bonds is 9. The number of aromatic amines is 1. The van der Waals surface area contributed by atoms with E-state index in [0.29, 0.717) is 29.2 Å². The summed E-state index contributed by atoms with van der Waals surface area (Å²) in [5.41, 5.74) is 1.25. The fraction of sp³-hybridized carbons (Fsp3) is 0.250. The van der Waals surface area contributed by atoms with E-state index in [2.05, 4.69) is 39.6 Å². The summed E-state index contributed by atoms with van der Waals surface area (Å²) in [7, 11) is 0. The Labute approximate surface area is 167 Å². The van der Waals surface area contributed by atoms with Gasteiger partial charge in [0.2, 0.25) is 11.1 Å². The molecule has 140 valence electrons. The quantitative estimate of drug-likeness (QED) is 0.523. The van der Waals surface area contributed by atoms with E-state index in [1.54, 1.807) is 11.3 Å². The van der Waals surface area contributed by atoms with Gasteiger partial charge in [-0.1, -0.05) is 55.1 Å². The van der Waals surface area contributed by atoms with E-state index in [0.717, 1.165) is 11.3 Å². The number of thiophene rings is 1. The highest BCUT2D eigenvalue weighted by Crippen LogP contribution is 2.18. The van der Waals surface area contributed by atoms with Gasteiger partial charge in [-0.2, -0.15) is 0 Å². The van der Waals surface area contributed by atoms with Gasteiger partial charge in [-0.3, -0.25) is 9.89 Å². The number of carbonyl (C=O) groups is 1. The van der Waals surface area contributed by atoms with Gasteiger partial charge in [-0.25, -0.2) is 4.98 Å². The van der Waals surface area contributed by atoms with E-state index in [-0.39, 0.29) is 5.91 Å². The number of nitrogens with one attached hydrogen (secondary N) is 2.